The Morgan fingerprint density at radius 1 is 1.53 bits per heavy atom. The van der Waals surface area contributed by atoms with Gasteiger partial charge in [-0.05, 0) is 41.9 Å². The molecule has 0 aliphatic heterocycles. The number of hydrogen-bond acceptors (Lipinski definition) is 3. The molecule has 1 heterocycles. The zero-order valence-corrected chi connectivity index (χ0v) is 11.3. The highest BCUT2D eigenvalue weighted by Gasteiger charge is 2.23. The van der Waals surface area contributed by atoms with Crippen LogP contribution in [-0.2, 0) is 4.79 Å². The van der Waals surface area contributed by atoms with Crippen molar-refractivity contribution in [1.82, 2.24) is 9.88 Å². The van der Waals surface area contributed by atoms with Gasteiger partial charge in [0.05, 0.1) is 6.54 Å². The summed E-state index contributed by atoms with van der Waals surface area (Å²) < 4.78 is 0.597. The predicted octanol–water partition coefficient (Wildman–Crippen LogP) is 1.18. The Morgan fingerprint density at radius 3 is 2.65 bits per heavy atom. The smallest absolute Gasteiger partial charge is 0.274 e. The molecule has 0 atom stereocenters. The molecular formula is C11H14BrN3O2. The van der Waals surface area contributed by atoms with Crippen molar-refractivity contribution in [2.75, 3.05) is 6.54 Å². The number of nitrogens with two attached hydrogens (primary N) is 1. The van der Waals surface area contributed by atoms with E-state index in [-0.39, 0.29) is 24.2 Å². The molecule has 5 nitrogen and oxygen atoms in total. The highest BCUT2D eigenvalue weighted by Crippen LogP contribution is 2.16. The quantitative estimate of drug-likeness (QED) is 0.907. The van der Waals surface area contributed by atoms with Crippen molar-refractivity contribution in [2.45, 2.75) is 19.9 Å². The minimum atomic E-state index is -0.542. The third kappa shape index (κ3) is 3.52. The molecule has 0 aliphatic rings. The van der Waals surface area contributed by atoms with E-state index in [1.807, 2.05) is 13.8 Å². The number of carbonyl (C=O) groups is 2. The van der Waals surface area contributed by atoms with Crippen LogP contribution < -0.4 is 5.73 Å². The van der Waals surface area contributed by atoms with Gasteiger partial charge in [0.25, 0.3) is 5.91 Å². The first-order valence-corrected chi connectivity index (χ1v) is 5.92. The molecule has 0 saturated heterocycles. The molecule has 0 aromatic carbocycles. The first-order valence-electron chi connectivity index (χ1n) is 5.13. The van der Waals surface area contributed by atoms with Crippen molar-refractivity contribution >= 4 is 27.7 Å². The number of rotatable bonds is 4. The Hall–Kier alpha value is -1.43. The number of aromatic nitrogens is 1. The molecule has 0 spiro atoms. The molecule has 0 saturated carbocycles. The molecule has 0 aliphatic carbocycles. The van der Waals surface area contributed by atoms with Crippen molar-refractivity contribution in [3.63, 3.8) is 0 Å². The number of pyridine rings is 1. The Bertz CT molecular complexity index is 434. The standard InChI is InChI=1S/C11H14BrN3O2/c1-7(2)15(6-9(13)16)11(17)10-8(12)4-3-5-14-10/h3-5,7H,6H2,1-2H3,(H2,13,16). The first-order chi connectivity index (χ1) is 7.93. The normalized spacial score (nSPS) is 10.4. The molecule has 0 unspecified atom stereocenters. The second-order valence-electron chi connectivity index (χ2n) is 3.83. The summed E-state index contributed by atoms with van der Waals surface area (Å²) in [5, 5.41) is 0. The van der Waals surface area contributed by atoms with Crippen molar-refractivity contribution in [1.29, 1.82) is 0 Å². The van der Waals surface area contributed by atoms with E-state index in [4.69, 9.17) is 5.73 Å². The van der Waals surface area contributed by atoms with E-state index in [2.05, 4.69) is 20.9 Å². The van der Waals surface area contributed by atoms with E-state index >= 15 is 0 Å². The number of halogens is 1. The van der Waals surface area contributed by atoms with Gasteiger partial charge in [0.1, 0.15) is 5.69 Å². The lowest BCUT2D eigenvalue weighted by molar-refractivity contribution is -0.119. The van der Waals surface area contributed by atoms with Crippen molar-refractivity contribution in [3.05, 3.63) is 28.5 Å². The molecule has 1 rings (SSSR count). The van der Waals surface area contributed by atoms with Gasteiger partial charge in [0.15, 0.2) is 0 Å². The molecule has 2 N–H and O–H groups in total. The minimum absolute atomic E-state index is 0.112. The monoisotopic (exact) mass is 299 g/mol. The Morgan fingerprint density at radius 2 is 2.18 bits per heavy atom. The zero-order valence-electron chi connectivity index (χ0n) is 9.68. The zero-order chi connectivity index (χ0) is 13.0. The Kier molecular flexibility index (Phi) is 4.62. The van der Waals surface area contributed by atoms with Crippen molar-refractivity contribution in [2.24, 2.45) is 5.73 Å². The fourth-order valence-corrected chi connectivity index (χ4v) is 1.76. The van der Waals surface area contributed by atoms with Crippen LogP contribution in [0.1, 0.15) is 24.3 Å². The van der Waals surface area contributed by atoms with Gasteiger partial charge < -0.3 is 10.6 Å². The third-order valence-electron chi connectivity index (χ3n) is 2.17. The topological polar surface area (TPSA) is 76.3 Å². The summed E-state index contributed by atoms with van der Waals surface area (Å²) in [5.74, 6) is -0.856. The lowest BCUT2D eigenvalue weighted by Gasteiger charge is -2.25. The summed E-state index contributed by atoms with van der Waals surface area (Å²) in [6, 6.07) is 3.32. The number of carbonyl (C=O) groups excluding carboxylic acids is 2. The summed E-state index contributed by atoms with van der Waals surface area (Å²) in [4.78, 5) is 28.5. The average molecular weight is 300 g/mol. The SMILES string of the molecule is CC(C)N(CC(N)=O)C(=O)c1ncccc1Br. The average Bonchev–Trinajstić information content (AvgIpc) is 2.25. The lowest BCUT2D eigenvalue weighted by atomic mass is 10.2. The second-order valence-corrected chi connectivity index (χ2v) is 4.68. The van der Waals surface area contributed by atoms with Crippen LogP contribution in [0.4, 0.5) is 0 Å². The molecule has 6 heteroatoms. The molecule has 2 amide bonds. The van der Waals surface area contributed by atoms with Gasteiger partial charge in [0, 0.05) is 16.7 Å². The molecule has 1 aromatic rings. The summed E-state index contributed by atoms with van der Waals surface area (Å²) in [6.45, 7) is 3.52. The van der Waals surface area contributed by atoms with Gasteiger partial charge in [-0.2, -0.15) is 0 Å². The van der Waals surface area contributed by atoms with Crippen LogP contribution in [-0.4, -0.2) is 34.3 Å². The van der Waals surface area contributed by atoms with Gasteiger partial charge in [-0.15, -0.1) is 0 Å². The maximum Gasteiger partial charge on any atom is 0.274 e. The molecule has 1 aromatic heterocycles. The van der Waals surface area contributed by atoms with E-state index in [0.717, 1.165) is 0 Å². The Labute approximate surface area is 108 Å². The predicted molar refractivity (Wildman–Crippen MR) is 67.3 cm³/mol. The van der Waals surface area contributed by atoms with Crippen LogP contribution in [0.25, 0.3) is 0 Å². The van der Waals surface area contributed by atoms with Crippen LogP contribution in [0.5, 0.6) is 0 Å². The van der Waals surface area contributed by atoms with Crippen LogP contribution in [0, 0.1) is 0 Å². The van der Waals surface area contributed by atoms with Gasteiger partial charge >= 0.3 is 0 Å². The van der Waals surface area contributed by atoms with Crippen molar-refractivity contribution < 1.29 is 9.59 Å². The number of amides is 2. The largest absolute Gasteiger partial charge is 0.368 e. The second kappa shape index (κ2) is 5.77. The van der Waals surface area contributed by atoms with E-state index in [9.17, 15) is 9.59 Å². The summed E-state index contributed by atoms with van der Waals surface area (Å²) in [6.07, 6.45) is 1.53. The van der Waals surface area contributed by atoms with Gasteiger partial charge in [-0.25, -0.2) is 4.98 Å². The van der Waals surface area contributed by atoms with Crippen LogP contribution in [0.2, 0.25) is 0 Å². The number of hydrogen-bond donors (Lipinski definition) is 1. The minimum Gasteiger partial charge on any atom is -0.368 e. The highest BCUT2D eigenvalue weighted by atomic mass is 79.9. The first kappa shape index (κ1) is 13.6. The van der Waals surface area contributed by atoms with Crippen LogP contribution in [0.15, 0.2) is 22.8 Å². The fourth-order valence-electron chi connectivity index (χ4n) is 1.34. The highest BCUT2D eigenvalue weighted by molar-refractivity contribution is 9.10. The van der Waals surface area contributed by atoms with Gasteiger partial charge in [-0.3, -0.25) is 9.59 Å². The van der Waals surface area contributed by atoms with Crippen molar-refractivity contribution in [3.8, 4) is 0 Å². The number of primary amides is 1. The molecule has 0 bridgehead atoms. The maximum atomic E-state index is 12.2. The summed E-state index contributed by atoms with van der Waals surface area (Å²) >= 11 is 3.25. The maximum absolute atomic E-state index is 12.2. The third-order valence-corrected chi connectivity index (χ3v) is 2.81. The molecule has 92 valence electrons. The van der Waals surface area contributed by atoms with Crippen LogP contribution >= 0.6 is 15.9 Å². The fraction of sp³-hybridized carbons (Fsp3) is 0.364. The molecule has 0 fully saturated rings. The molecule has 0 radical (unpaired) electrons. The van der Waals surface area contributed by atoms with E-state index < -0.39 is 5.91 Å². The van der Waals surface area contributed by atoms with Crippen LogP contribution in [0.3, 0.4) is 0 Å². The van der Waals surface area contributed by atoms with Gasteiger partial charge in [-0.1, -0.05) is 0 Å². The molecular weight excluding hydrogens is 286 g/mol. The summed E-state index contributed by atoms with van der Waals surface area (Å²) in [7, 11) is 0. The van der Waals surface area contributed by atoms with E-state index in [0.29, 0.717) is 4.47 Å². The summed E-state index contributed by atoms with van der Waals surface area (Å²) in [5.41, 5.74) is 5.40. The van der Waals surface area contributed by atoms with E-state index in [1.165, 1.54) is 11.1 Å². The molecule has 17 heavy (non-hydrogen) atoms. The Balaban J connectivity index is 3.00. The lowest BCUT2D eigenvalue weighted by Crippen LogP contribution is -2.43. The van der Waals surface area contributed by atoms with Gasteiger partial charge in [0.2, 0.25) is 5.91 Å². The number of nitrogens with zero attached hydrogens (tertiary/aromatic N) is 2. The van der Waals surface area contributed by atoms with E-state index in [1.54, 1.807) is 12.1 Å².